The first-order valence-corrected chi connectivity index (χ1v) is 17.3. The predicted molar refractivity (Wildman–Crippen MR) is 181 cm³/mol. The average Bonchev–Trinajstić information content (AvgIpc) is 4.01. The van der Waals surface area contributed by atoms with Gasteiger partial charge in [-0.2, -0.15) is 32.5 Å². The SMILES string of the molecule is Oc1ccccc1F.Oc1ccccc1F.[Cl][Pt+].[Pt].[c-]1c(-n2cccn2)cccc1-n1cccn1.[c-]1c(-n2cccn2)cccc1-n1cccn1. The van der Waals surface area contributed by atoms with Crippen molar-refractivity contribution in [3.63, 3.8) is 0 Å². The van der Waals surface area contributed by atoms with Crippen molar-refractivity contribution in [3.05, 3.63) is 183 Å². The fourth-order valence-corrected chi connectivity index (χ4v) is 3.97. The second kappa shape index (κ2) is 21.8. The molecule has 0 aliphatic carbocycles. The van der Waals surface area contributed by atoms with Crippen LogP contribution in [-0.4, -0.2) is 49.3 Å². The Hall–Kier alpha value is -5.15. The summed E-state index contributed by atoms with van der Waals surface area (Å²) in [6, 6.07) is 37.0. The number of para-hydroxylation sites is 2. The maximum Gasteiger partial charge on any atom is 0.0493 e. The van der Waals surface area contributed by atoms with E-state index in [1.807, 2.05) is 85.5 Å². The Morgan fingerprint density at radius 2 is 0.725 bits per heavy atom. The van der Waals surface area contributed by atoms with Crippen molar-refractivity contribution in [2.75, 3.05) is 0 Å². The number of rotatable bonds is 4. The predicted octanol–water partition coefficient (Wildman–Crippen LogP) is 7.46. The van der Waals surface area contributed by atoms with Crippen LogP contribution < -0.4 is 0 Å². The quantitative estimate of drug-likeness (QED) is 0.177. The number of nitrogens with zero attached hydrogens (tertiary/aromatic N) is 8. The minimum atomic E-state index is -0.576. The Kier molecular flexibility index (Phi) is 17.2. The number of hydrogen-bond acceptors (Lipinski definition) is 6. The summed E-state index contributed by atoms with van der Waals surface area (Å²) < 4.78 is 31.2. The Morgan fingerprint density at radius 1 is 0.451 bits per heavy atom. The molecule has 0 saturated carbocycles. The Labute approximate surface area is 322 Å². The van der Waals surface area contributed by atoms with Crippen molar-refractivity contribution in [3.8, 4) is 34.2 Å². The second-order valence-electron chi connectivity index (χ2n) is 9.55. The molecule has 15 heteroatoms. The standard InChI is InChI=1S/2C12H9N4.2C6H5FO.ClH.2Pt/c2*1-4-11(15-8-2-6-13-15)10-12(5-1)16-9-3-7-14-16;2*7-5-3-1-2-4-6(5)8;;;/h2*1-9H;2*1-4,8H;1H;;/q2*-1;;;;;+2/p-1. The molecular formula is C36H28ClF2N8O2Pt2-. The number of aromatic hydroxyl groups is 2. The molecule has 0 aliphatic heterocycles. The van der Waals surface area contributed by atoms with Crippen molar-refractivity contribution in [1.29, 1.82) is 0 Å². The van der Waals surface area contributed by atoms with Crippen molar-refractivity contribution in [1.82, 2.24) is 39.1 Å². The summed E-state index contributed by atoms with van der Waals surface area (Å²) in [4.78, 5) is 0. The number of phenolic OH excluding ortho intramolecular Hbond substituents is 2. The summed E-state index contributed by atoms with van der Waals surface area (Å²) in [5.74, 6) is -1.75. The van der Waals surface area contributed by atoms with Gasteiger partial charge in [-0.1, -0.05) is 24.3 Å². The Morgan fingerprint density at radius 3 is 0.922 bits per heavy atom. The number of halogens is 3. The first-order chi connectivity index (χ1) is 24.5. The van der Waals surface area contributed by atoms with Crippen LogP contribution in [0, 0.1) is 23.8 Å². The van der Waals surface area contributed by atoms with Gasteiger partial charge >= 0.3 is 28.2 Å². The third-order valence-corrected chi connectivity index (χ3v) is 6.24. The van der Waals surface area contributed by atoms with E-state index in [9.17, 15) is 8.78 Å². The van der Waals surface area contributed by atoms with Crippen molar-refractivity contribution < 1.29 is 58.8 Å². The summed E-state index contributed by atoms with van der Waals surface area (Å²) in [5, 5.41) is 33.7. The van der Waals surface area contributed by atoms with Crippen molar-refractivity contribution in [2.24, 2.45) is 0 Å². The molecule has 0 atom stereocenters. The molecule has 0 spiro atoms. The van der Waals surface area contributed by atoms with E-state index >= 15 is 0 Å². The summed E-state index contributed by atoms with van der Waals surface area (Å²) >= 11 is 1.61. The molecular weight excluding hydrogens is 1040 g/mol. The van der Waals surface area contributed by atoms with Gasteiger partial charge in [0.25, 0.3) is 0 Å². The van der Waals surface area contributed by atoms with Crippen LogP contribution in [0.3, 0.4) is 0 Å². The fourth-order valence-electron chi connectivity index (χ4n) is 3.97. The smallest absolute Gasteiger partial charge is 0.0493 e. The van der Waals surface area contributed by atoms with Gasteiger partial charge in [0, 0.05) is 70.6 Å². The van der Waals surface area contributed by atoms with Crippen LogP contribution >= 0.6 is 9.42 Å². The van der Waals surface area contributed by atoms with E-state index in [4.69, 9.17) is 10.2 Å². The zero-order chi connectivity index (χ0) is 35.6. The van der Waals surface area contributed by atoms with Crippen LogP contribution in [0.2, 0.25) is 0 Å². The van der Waals surface area contributed by atoms with Gasteiger partial charge in [-0.25, -0.2) is 8.78 Å². The van der Waals surface area contributed by atoms with E-state index in [1.54, 1.807) is 74.4 Å². The molecule has 2 N–H and O–H groups in total. The molecule has 51 heavy (non-hydrogen) atoms. The largest absolute Gasteiger partial charge is 0.266 e. The van der Waals surface area contributed by atoms with Gasteiger partial charge in [-0.3, -0.25) is 18.7 Å². The van der Waals surface area contributed by atoms with Crippen LogP contribution in [0.15, 0.2) is 159 Å². The minimum Gasteiger partial charge on any atom is -0.266 e. The molecule has 0 unspecified atom stereocenters. The number of hydrogen-bond donors (Lipinski definition) is 2. The zero-order valence-electron chi connectivity index (χ0n) is 26.2. The molecule has 4 aromatic heterocycles. The fraction of sp³-hybridized carbons (Fsp3) is 0. The van der Waals surface area contributed by atoms with Gasteiger partial charge in [0.15, 0.2) is 23.1 Å². The summed E-state index contributed by atoms with van der Waals surface area (Å²) in [6.07, 6.45) is 14.5. The van der Waals surface area contributed by atoms with Gasteiger partial charge in [0.05, 0.1) is 0 Å². The normalized spacial score (nSPS) is 9.59. The monoisotopic (exact) mass is 1070 g/mol. The third-order valence-electron chi connectivity index (χ3n) is 6.24. The zero-order valence-corrected chi connectivity index (χ0v) is 31.5. The number of phenols is 2. The molecule has 8 rings (SSSR count). The maximum atomic E-state index is 12.1. The molecule has 10 nitrogen and oxygen atoms in total. The van der Waals surface area contributed by atoms with Crippen molar-refractivity contribution >= 4 is 9.42 Å². The van der Waals surface area contributed by atoms with E-state index < -0.39 is 11.6 Å². The van der Waals surface area contributed by atoms with E-state index in [0.29, 0.717) is 0 Å². The number of benzene rings is 4. The minimum absolute atomic E-state index is 0. The first kappa shape index (κ1) is 40.3. The molecule has 0 aliphatic rings. The molecule has 0 bridgehead atoms. The second-order valence-corrected chi connectivity index (χ2v) is 9.55. The molecule has 0 saturated heterocycles. The van der Waals surface area contributed by atoms with E-state index in [2.05, 4.69) is 41.9 Å². The first-order valence-electron chi connectivity index (χ1n) is 14.5. The van der Waals surface area contributed by atoms with Gasteiger partial charge in [0.1, 0.15) is 0 Å². The van der Waals surface area contributed by atoms with Gasteiger partial charge in [-0.05, 0) is 71.3 Å². The van der Waals surface area contributed by atoms with Crippen LogP contribution in [0.1, 0.15) is 0 Å². The molecule has 4 heterocycles. The third kappa shape index (κ3) is 12.6. The van der Waals surface area contributed by atoms with Gasteiger partial charge in [0.2, 0.25) is 0 Å². The summed E-state index contributed by atoms with van der Waals surface area (Å²) in [7, 11) is 4.61. The molecule has 0 fully saturated rings. The average molecular weight is 1070 g/mol. The summed E-state index contributed by atoms with van der Waals surface area (Å²) in [6.45, 7) is 0. The molecule has 4 aromatic carbocycles. The van der Waals surface area contributed by atoms with E-state index in [-0.39, 0.29) is 32.6 Å². The molecule has 266 valence electrons. The molecule has 0 radical (unpaired) electrons. The summed E-state index contributed by atoms with van der Waals surface area (Å²) in [5.41, 5.74) is 3.60. The molecule has 8 aromatic rings. The number of aromatic nitrogens is 8. The Balaban J connectivity index is 0.000000188. The van der Waals surface area contributed by atoms with Crippen LogP contribution in [0.25, 0.3) is 22.7 Å². The van der Waals surface area contributed by atoms with Gasteiger partial charge in [-0.15, -0.1) is 36.4 Å². The van der Waals surface area contributed by atoms with Crippen LogP contribution in [-0.2, 0) is 39.8 Å². The van der Waals surface area contributed by atoms with Gasteiger partial charge < -0.3 is 10.2 Å². The maximum absolute atomic E-state index is 12.1. The van der Waals surface area contributed by atoms with E-state index in [1.165, 1.54) is 36.4 Å². The van der Waals surface area contributed by atoms with Crippen LogP contribution in [0.4, 0.5) is 8.78 Å². The van der Waals surface area contributed by atoms with Crippen LogP contribution in [0.5, 0.6) is 11.5 Å². The molecule has 0 amide bonds. The Bertz CT molecular complexity index is 1810. The topological polar surface area (TPSA) is 112 Å². The van der Waals surface area contributed by atoms with E-state index in [0.717, 1.165) is 22.7 Å². The van der Waals surface area contributed by atoms with Crippen molar-refractivity contribution in [2.45, 2.75) is 0 Å².